The highest BCUT2D eigenvalue weighted by Gasteiger charge is 2.50. The van der Waals surface area contributed by atoms with Crippen LogP contribution in [-0.4, -0.2) is 110 Å². The molecule has 0 aromatic carbocycles. The molecular weight excluding hydrogens is 414 g/mol. The molecule has 0 bridgehead atoms. The molecule has 0 radical (unpaired) electrons. The number of aliphatic hydroxyl groups excluding tert-OH is 6. The Bertz CT molecular complexity index is 724. The Kier molecular flexibility index (Phi) is 6.82. The van der Waals surface area contributed by atoms with Gasteiger partial charge in [0.25, 0.3) is 0 Å². The number of hydrogen-bond donors (Lipinski definition) is 9. The summed E-state index contributed by atoms with van der Waals surface area (Å²) in [6.07, 6.45) is -13.5. The van der Waals surface area contributed by atoms with Gasteiger partial charge in [-0.1, -0.05) is 0 Å². The Labute approximate surface area is 156 Å². The number of rotatable bonds is 6. The molecule has 0 spiro atoms. The van der Waals surface area contributed by atoms with Gasteiger partial charge in [-0.15, -0.1) is 0 Å². The number of carboxylic acid groups (broad SMARTS) is 1. The maximum atomic E-state index is 11.0. The Morgan fingerprint density at radius 3 is 2.29 bits per heavy atom. The van der Waals surface area contributed by atoms with Crippen molar-refractivity contribution in [3.63, 3.8) is 0 Å². The van der Waals surface area contributed by atoms with E-state index in [0.29, 0.717) is 0 Å². The van der Waals surface area contributed by atoms with Gasteiger partial charge in [0.1, 0.15) is 36.6 Å². The lowest BCUT2D eigenvalue weighted by atomic mass is 9.97. The van der Waals surface area contributed by atoms with Gasteiger partial charge >= 0.3 is 16.3 Å². The maximum absolute atomic E-state index is 11.0. The standard InChI is InChI=1S/C12H19NO14S/c14-1-2-8(4(15)3(11(21)25-2)13-28(22,23)24)26-12-7(18)5(16)6(17)9(27-12)10(19)20/h2-5,7-8,11-18,21H,1H2,(H,19,20)(H,22,23,24)/t2-,3-,4-,5+,7-,8-,11-,12+/m1/s1. The van der Waals surface area contributed by atoms with Crippen LogP contribution >= 0.6 is 0 Å². The molecule has 9 N–H and O–H groups in total. The molecule has 0 aliphatic carbocycles. The summed E-state index contributed by atoms with van der Waals surface area (Å²) in [5.74, 6) is -4.18. The Morgan fingerprint density at radius 1 is 1.18 bits per heavy atom. The zero-order valence-electron chi connectivity index (χ0n) is 13.8. The highest BCUT2D eigenvalue weighted by Crippen LogP contribution is 2.29. The van der Waals surface area contributed by atoms with E-state index in [-0.39, 0.29) is 0 Å². The first-order chi connectivity index (χ1) is 12.9. The first-order valence-electron chi connectivity index (χ1n) is 7.59. The van der Waals surface area contributed by atoms with Crippen LogP contribution < -0.4 is 4.72 Å². The number of carboxylic acids is 1. The largest absolute Gasteiger partial charge is 0.506 e. The minimum Gasteiger partial charge on any atom is -0.506 e. The van der Waals surface area contributed by atoms with Crippen LogP contribution in [0.2, 0.25) is 0 Å². The lowest BCUT2D eigenvalue weighted by Crippen LogP contribution is -2.66. The van der Waals surface area contributed by atoms with E-state index < -0.39 is 83.5 Å². The highest BCUT2D eigenvalue weighted by molar-refractivity contribution is 7.83. The van der Waals surface area contributed by atoms with Gasteiger partial charge in [0.15, 0.2) is 12.0 Å². The van der Waals surface area contributed by atoms with Crippen molar-refractivity contribution in [3.05, 3.63) is 11.5 Å². The van der Waals surface area contributed by atoms with Crippen molar-refractivity contribution in [2.45, 2.75) is 49.1 Å². The molecule has 0 amide bonds. The van der Waals surface area contributed by atoms with E-state index in [4.69, 9.17) is 23.9 Å². The molecule has 2 aliphatic heterocycles. The van der Waals surface area contributed by atoms with Crippen molar-refractivity contribution in [1.82, 2.24) is 4.72 Å². The zero-order valence-corrected chi connectivity index (χ0v) is 14.6. The van der Waals surface area contributed by atoms with E-state index in [1.54, 1.807) is 0 Å². The quantitative estimate of drug-likeness (QED) is 0.178. The summed E-state index contributed by atoms with van der Waals surface area (Å²) in [7, 11) is -4.92. The summed E-state index contributed by atoms with van der Waals surface area (Å²) in [6.45, 7) is -0.893. The first-order valence-corrected chi connectivity index (χ1v) is 9.03. The molecule has 2 rings (SSSR count). The lowest BCUT2D eigenvalue weighted by Gasteiger charge is -2.44. The third-order valence-corrected chi connectivity index (χ3v) is 4.56. The maximum Gasteiger partial charge on any atom is 0.375 e. The molecule has 28 heavy (non-hydrogen) atoms. The lowest BCUT2D eigenvalue weighted by molar-refractivity contribution is -0.308. The Hall–Kier alpha value is -1.60. The van der Waals surface area contributed by atoms with Crippen molar-refractivity contribution in [2.75, 3.05) is 6.61 Å². The topological polar surface area (TPSA) is 253 Å². The monoisotopic (exact) mass is 433 g/mol. The fourth-order valence-corrected chi connectivity index (χ4v) is 3.26. The SMILES string of the molecule is O=C(O)C1=C(O)[C@H](O)[C@@H](O)[C@@H](O[C@H]2[C@H](O)[C@@H](NS(=O)(=O)O)[C@H](O)O[C@@H]2CO)O1. The summed E-state index contributed by atoms with van der Waals surface area (Å²) in [4.78, 5) is 11.0. The number of carbonyl (C=O) groups is 1. The van der Waals surface area contributed by atoms with E-state index in [1.807, 2.05) is 0 Å². The molecule has 162 valence electrons. The zero-order chi connectivity index (χ0) is 21.4. The van der Waals surface area contributed by atoms with E-state index in [1.165, 1.54) is 4.72 Å². The Balaban J connectivity index is 2.27. The predicted octanol–water partition coefficient (Wildman–Crippen LogP) is -4.86. The number of aliphatic hydroxyl groups is 6. The first kappa shape index (κ1) is 22.7. The summed E-state index contributed by atoms with van der Waals surface area (Å²) < 4.78 is 47.0. The van der Waals surface area contributed by atoms with E-state index in [9.17, 15) is 43.9 Å². The number of ether oxygens (including phenoxy) is 3. The molecule has 1 fully saturated rings. The molecule has 15 nitrogen and oxygen atoms in total. The predicted molar refractivity (Wildman–Crippen MR) is 81.5 cm³/mol. The van der Waals surface area contributed by atoms with Crippen molar-refractivity contribution >= 4 is 16.3 Å². The fraction of sp³-hybridized carbons (Fsp3) is 0.750. The fourth-order valence-electron chi connectivity index (χ4n) is 2.66. The average Bonchev–Trinajstić information content (AvgIpc) is 2.59. The molecule has 0 unspecified atom stereocenters. The molecule has 1 saturated heterocycles. The molecule has 2 aliphatic rings. The summed E-state index contributed by atoms with van der Waals surface area (Å²) >= 11 is 0. The average molecular weight is 433 g/mol. The van der Waals surface area contributed by atoms with Crippen LogP contribution in [0.5, 0.6) is 0 Å². The molecular formula is C12H19NO14S. The second-order valence-corrected chi connectivity index (χ2v) is 7.08. The minimum absolute atomic E-state index is 0.893. The van der Waals surface area contributed by atoms with Crippen LogP contribution in [0.1, 0.15) is 0 Å². The molecule has 8 atom stereocenters. The second kappa shape index (κ2) is 8.41. The molecule has 16 heteroatoms. The smallest absolute Gasteiger partial charge is 0.375 e. The molecule has 0 aromatic heterocycles. The van der Waals surface area contributed by atoms with Crippen LogP contribution in [0.25, 0.3) is 0 Å². The van der Waals surface area contributed by atoms with Crippen molar-refractivity contribution < 1.29 is 67.7 Å². The van der Waals surface area contributed by atoms with Crippen molar-refractivity contribution in [1.29, 1.82) is 0 Å². The van der Waals surface area contributed by atoms with Crippen LogP contribution in [0, 0.1) is 0 Å². The van der Waals surface area contributed by atoms with Crippen molar-refractivity contribution in [3.8, 4) is 0 Å². The van der Waals surface area contributed by atoms with Gasteiger partial charge in [0.05, 0.1) is 6.61 Å². The number of aliphatic carboxylic acids is 1. The molecule has 2 heterocycles. The minimum atomic E-state index is -4.92. The van der Waals surface area contributed by atoms with Gasteiger partial charge in [-0.3, -0.25) is 4.55 Å². The third kappa shape index (κ3) is 4.69. The van der Waals surface area contributed by atoms with Gasteiger partial charge in [-0.25, -0.2) is 4.79 Å². The van der Waals surface area contributed by atoms with Crippen LogP contribution in [0.3, 0.4) is 0 Å². The van der Waals surface area contributed by atoms with Gasteiger partial charge in [0.2, 0.25) is 12.0 Å². The van der Waals surface area contributed by atoms with Gasteiger partial charge in [-0.05, 0) is 0 Å². The molecule has 0 aromatic rings. The number of nitrogens with one attached hydrogen (secondary N) is 1. The molecule has 0 saturated carbocycles. The van der Waals surface area contributed by atoms with Crippen LogP contribution in [0.15, 0.2) is 11.5 Å². The van der Waals surface area contributed by atoms with Crippen LogP contribution in [0.4, 0.5) is 0 Å². The van der Waals surface area contributed by atoms with E-state index in [2.05, 4.69) is 0 Å². The van der Waals surface area contributed by atoms with Gasteiger partial charge < -0.3 is 50.0 Å². The van der Waals surface area contributed by atoms with Crippen LogP contribution in [-0.2, 0) is 29.3 Å². The summed E-state index contributed by atoms with van der Waals surface area (Å²) in [6, 6.07) is -1.89. The third-order valence-electron chi connectivity index (χ3n) is 3.99. The Morgan fingerprint density at radius 2 is 1.79 bits per heavy atom. The van der Waals surface area contributed by atoms with E-state index in [0.717, 1.165) is 0 Å². The number of hydrogen-bond acceptors (Lipinski definition) is 12. The second-order valence-electron chi connectivity index (χ2n) is 5.90. The van der Waals surface area contributed by atoms with Gasteiger partial charge in [0, 0.05) is 0 Å². The normalized spacial score (nSPS) is 39.5. The summed E-state index contributed by atoms with van der Waals surface area (Å²) in [5.41, 5.74) is 0. The summed E-state index contributed by atoms with van der Waals surface area (Å²) in [5, 5.41) is 67.5. The van der Waals surface area contributed by atoms with Gasteiger partial charge in [-0.2, -0.15) is 13.1 Å². The van der Waals surface area contributed by atoms with E-state index >= 15 is 0 Å². The highest BCUT2D eigenvalue weighted by atomic mass is 32.2. The van der Waals surface area contributed by atoms with Crippen molar-refractivity contribution in [2.24, 2.45) is 0 Å².